The fourth-order valence-corrected chi connectivity index (χ4v) is 5.79. The van der Waals surface area contributed by atoms with Gasteiger partial charge in [-0.05, 0) is 37.0 Å². The van der Waals surface area contributed by atoms with E-state index in [4.69, 9.17) is 0 Å². The van der Waals surface area contributed by atoms with Crippen molar-refractivity contribution in [2.75, 3.05) is 6.26 Å². The Kier molecular flexibility index (Phi) is 5.31. The standard InChI is InChI=1S/C23H25N5O5S/c1-14-5-3-4-6-18(14)27-21-17-9-10-24-22(17)25-12-20(21)26(23(27)29)13-15-7-8-16(34(2,32)33)11-19(15)28(30)31/h7-12,14,18H,3-6,13H2,1-2H3,(H,24,25)/t14-,18+/m1/s1. The number of nitro benzene ring substituents is 1. The van der Waals surface area contributed by atoms with Gasteiger partial charge in [-0.3, -0.25) is 19.2 Å². The summed E-state index contributed by atoms with van der Waals surface area (Å²) in [4.78, 5) is 32.4. The summed E-state index contributed by atoms with van der Waals surface area (Å²) < 4.78 is 27.2. The Morgan fingerprint density at radius 3 is 2.71 bits per heavy atom. The third-order valence-corrected chi connectivity index (χ3v) is 8.03. The van der Waals surface area contributed by atoms with E-state index in [-0.39, 0.29) is 34.4 Å². The molecule has 34 heavy (non-hydrogen) atoms. The van der Waals surface area contributed by atoms with E-state index in [1.54, 1.807) is 12.4 Å². The Morgan fingerprint density at radius 1 is 1.24 bits per heavy atom. The number of hydrogen-bond donors (Lipinski definition) is 1. The maximum absolute atomic E-state index is 13.8. The van der Waals surface area contributed by atoms with Crippen molar-refractivity contribution in [2.24, 2.45) is 5.92 Å². The number of benzene rings is 1. The number of nitro groups is 1. The van der Waals surface area contributed by atoms with Gasteiger partial charge in [0.05, 0.1) is 33.6 Å². The number of pyridine rings is 1. The van der Waals surface area contributed by atoms with Crippen molar-refractivity contribution in [3.8, 4) is 0 Å². The quantitative estimate of drug-likeness (QED) is 0.339. The van der Waals surface area contributed by atoms with Crippen LogP contribution in [0.15, 0.2) is 46.3 Å². The van der Waals surface area contributed by atoms with Gasteiger partial charge in [0.1, 0.15) is 5.65 Å². The topological polar surface area (TPSA) is 133 Å². The number of fused-ring (bicyclic) bond motifs is 3. The van der Waals surface area contributed by atoms with Gasteiger partial charge < -0.3 is 4.98 Å². The number of nitrogens with zero attached hydrogens (tertiary/aromatic N) is 4. The predicted octanol–water partition coefficient (Wildman–Crippen LogP) is 3.79. The molecular formula is C23H25N5O5S. The molecule has 0 amide bonds. The summed E-state index contributed by atoms with van der Waals surface area (Å²) in [5, 5.41) is 12.6. The summed E-state index contributed by atoms with van der Waals surface area (Å²) >= 11 is 0. The molecule has 0 unspecified atom stereocenters. The van der Waals surface area contributed by atoms with Gasteiger partial charge in [0, 0.05) is 35.5 Å². The van der Waals surface area contributed by atoms with Crippen molar-refractivity contribution < 1.29 is 13.3 Å². The van der Waals surface area contributed by atoms with E-state index in [0.717, 1.165) is 48.9 Å². The van der Waals surface area contributed by atoms with Crippen LogP contribution in [-0.4, -0.2) is 38.7 Å². The van der Waals surface area contributed by atoms with Gasteiger partial charge in [-0.1, -0.05) is 19.8 Å². The minimum Gasteiger partial charge on any atom is -0.346 e. The van der Waals surface area contributed by atoms with Gasteiger partial charge in [0.15, 0.2) is 9.84 Å². The highest BCUT2D eigenvalue weighted by Gasteiger charge is 2.29. The van der Waals surface area contributed by atoms with E-state index in [2.05, 4.69) is 16.9 Å². The molecule has 0 radical (unpaired) electrons. The minimum absolute atomic E-state index is 0.0214. The SMILES string of the molecule is C[C@@H]1CCCC[C@@H]1n1c(=O)n(Cc2ccc(S(C)(=O)=O)cc2[N+](=O)[O-])c2cnc3[nH]ccc3c21. The van der Waals surface area contributed by atoms with Crippen LogP contribution in [0.1, 0.15) is 44.2 Å². The third kappa shape index (κ3) is 3.60. The third-order valence-electron chi connectivity index (χ3n) is 6.92. The number of aromatic amines is 1. The van der Waals surface area contributed by atoms with Crippen LogP contribution in [-0.2, 0) is 16.4 Å². The van der Waals surface area contributed by atoms with E-state index >= 15 is 0 Å². The Hall–Kier alpha value is -3.47. The monoisotopic (exact) mass is 483 g/mol. The molecule has 10 nitrogen and oxygen atoms in total. The van der Waals surface area contributed by atoms with E-state index < -0.39 is 14.8 Å². The summed E-state index contributed by atoms with van der Waals surface area (Å²) in [5.41, 5.74) is 1.71. The molecule has 0 aliphatic heterocycles. The summed E-state index contributed by atoms with van der Waals surface area (Å²) in [5.74, 6) is 0.316. The van der Waals surface area contributed by atoms with Crippen molar-refractivity contribution in [3.63, 3.8) is 0 Å². The lowest BCUT2D eigenvalue weighted by atomic mass is 9.85. The highest BCUT2D eigenvalue weighted by atomic mass is 32.2. The van der Waals surface area contributed by atoms with Crippen molar-refractivity contribution in [1.82, 2.24) is 19.1 Å². The summed E-state index contributed by atoms with van der Waals surface area (Å²) in [6.07, 6.45) is 8.49. The molecule has 1 aliphatic rings. The largest absolute Gasteiger partial charge is 0.346 e. The summed E-state index contributed by atoms with van der Waals surface area (Å²) in [6, 6.07) is 5.72. The molecule has 5 rings (SSSR count). The average molecular weight is 484 g/mol. The molecule has 3 aromatic heterocycles. The lowest BCUT2D eigenvalue weighted by molar-refractivity contribution is -0.385. The molecule has 178 valence electrons. The number of sulfone groups is 1. The fourth-order valence-electron chi connectivity index (χ4n) is 5.15. The van der Waals surface area contributed by atoms with Gasteiger partial charge in [-0.25, -0.2) is 18.2 Å². The van der Waals surface area contributed by atoms with E-state index in [1.807, 2.05) is 10.6 Å². The summed E-state index contributed by atoms with van der Waals surface area (Å²) in [6.45, 7) is 2.09. The highest BCUT2D eigenvalue weighted by molar-refractivity contribution is 7.90. The second kappa shape index (κ2) is 8.08. The zero-order valence-electron chi connectivity index (χ0n) is 18.9. The van der Waals surface area contributed by atoms with Crippen molar-refractivity contribution in [3.05, 3.63) is 62.8 Å². The molecule has 1 N–H and O–H groups in total. The molecule has 0 bridgehead atoms. The Labute approximate surface area is 195 Å². The molecular weight excluding hydrogens is 458 g/mol. The maximum Gasteiger partial charge on any atom is 0.329 e. The van der Waals surface area contributed by atoms with Crippen LogP contribution in [0, 0.1) is 16.0 Å². The minimum atomic E-state index is -3.62. The fraction of sp³-hybridized carbons (Fsp3) is 0.391. The first kappa shape index (κ1) is 22.3. The second-order valence-electron chi connectivity index (χ2n) is 9.12. The number of hydrogen-bond acceptors (Lipinski definition) is 6. The highest BCUT2D eigenvalue weighted by Crippen LogP contribution is 2.36. The lowest BCUT2D eigenvalue weighted by Crippen LogP contribution is -2.32. The van der Waals surface area contributed by atoms with Crippen molar-refractivity contribution in [2.45, 2.75) is 50.1 Å². The van der Waals surface area contributed by atoms with Crippen molar-refractivity contribution >= 4 is 37.6 Å². The maximum atomic E-state index is 13.8. The lowest BCUT2D eigenvalue weighted by Gasteiger charge is -2.29. The molecule has 1 saturated carbocycles. The normalized spacial score (nSPS) is 19.1. The Morgan fingerprint density at radius 2 is 2.00 bits per heavy atom. The Bertz CT molecular complexity index is 1600. The van der Waals surface area contributed by atoms with Crippen LogP contribution < -0.4 is 5.69 Å². The number of imidazole rings is 1. The predicted molar refractivity (Wildman–Crippen MR) is 128 cm³/mol. The average Bonchev–Trinajstić information content (AvgIpc) is 3.36. The molecule has 0 spiro atoms. The first-order valence-electron chi connectivity index (χ1n) is 11.2. The number of H-pyrrole nitrogens is 1. The summed E-state index contributed by atoms with van der Waals surface area (Å²) in [7, 11) is -3.62. The van der Waals surface area contributed by atoms with Crippen LogP contribution in [0.25, 0.3) is 22.1 Å². The van der Waals surface area contributed by atoms with Gasteiger partial charge in [0.2, 0.25) is 0 Å². The molecule has 2 atom stereocenters. The molecule has 4 aromatic rings. The number of nitrogens with one attached hydrogen (secondary N) is 1. The van der Waals surface area contributed by atoms with Gasteiger partial charge in [-0.2, -0.15) is 0 Å². The zero-order valence-corrected chi connectivity index (χ0v) is 19.7. The molecule has 0 saturated heterocycles. The molecule has 1 aliphatic carbocycles. The van der Waals surface area contributed by atoms with Gasteiger partial charge in [0.25, 0.3) is 5.69 Å². The van der Waals surface area contributed by atoms with Crippen LogP contribution in [0.4, 0.5) is 5.69 Å². The van der Waals surface area contributed by atoms with Crippen LogP contribution >= 0.6 is 0 Å². The van der Waals surface area contributed by atoms with Crippen LogP contribution in [0.5, 0.6) is 0 Å². The molecule has 11 heteroatoms. The van der Waals surface area contributed by atoms with Crippen LogP contribution in [0.3, 0.4) is 0 Å². The van der Waals surface area contributed by atoms with E-state index in [0.29, 0.717) is 17.1 Å². The molecule has 3 heterocycles. The van der Waals surface area contributed by atoms with Crippen LogP contribution in [0.2, 0.25) is 0 Å². The first-order valence-corrected chi connectivity index (χ1v) is 13.1. The second-order valence-corrected chi connectivity index (χ2v) is 11.1. The molecule has 1 aromatic carbocycles. The zero-order chi connectivity index (χ0) is 24.2. The Balaban J connectivity index is 1.74. The first-order chi connectivity index (χ1) is 16.2. The van der Waals surface area contributed by atoms with E-state index in [1.165, 1.54) is 16.7 Å². The number of aromatic nitrogens is 4. The number of rotatable bonds is 5. The van der Waals surface area contributed by atoms with Gasteiger partial charge >= 0.3 is 5.69 Å². The molecule has 1 fully saturated rings. The smallest absolute Gasteiger partial charge is 0.329 e. The van der Waals surface area contributed by atoms with E-state index in [9.17, 15) is 23.3 Å². The van der Waals surface area contributed by atoms with Crippen molar-refractivity contribution in [1.29, 1.82) is 0 Å². The van der Waals surface area contributed by atoms with Gasteiger partial charge in [-0.15, -0.1) is 0 Å².